The molecule has 0 saturated carbocycles. The first-order valence-corrected chi connectivity index (χ1v) is 2.77. The molecule has 0 spiro atoms. The molecule has 0 bridgehead atoms. The Morgan fingerprint density at radius 1 is 1.45 bits per heavy atom. The molecule has 7 heteroatoms. The van der Waals surface area contributed by atoms with E-state index in [1.807, 2.05) is 0 Å². The predicted molar refractivity (Wildman–Crippen MR) is 41.5 cm³/mol. The van der Waals surface area contributed by atoms with Crippen LogP contribution < -0.4 is 28.4 Å². The lowest BCUT2D eigenvalue weighted by Crippen LogP contribution is -2.20. The number of hydrazine groups is 1. The van der Waals surface area contributed by atoms with E-state index in [-0.39, 0.29) is 17.3 Å². The van der Waals surface area contributed by atoms with E-state index in [2.05, 4.69) is 15.4 Å². The second-order valence-corrected chi connectivity index (χ2v) is 1.86. The monoisotopic (exact) mass is 156 g/mol. The third kappa shape index (κ3) is 1.22. The van der Waals surface area contributed by atoms with Crippen LogP contribution in [-0.4, -0.2) is 9.97 Å². The van der Waals surface area contributed by atoms with Gasteiger partial charge in [-0.2, -0.15) is 4.98 Å². The maximum absolute atomic E-state index is 10.6. The van der Waals surface area contributed by atoms with E-state index in [1.165, 1.54) is 0 Å². The number of H-pyrrole nitrogens is 1. The summed E-state index contributed by atoms with van der Waals surface area (Å²) >= 11 is 0. The number of hydrogen-bond acceptors (Lipinski definition) is 6. The number of anilines is 3. The first kappa shape index (κ1) is 7.35. The maximum atomic E-state index is 10.6. The van der Waals surface area contributed by atoms with Gasteiger partial charge in [0, 0.05) is 0 Å². The number of nitrogens with zero attached hydrogens (tertiary/aromatic N) is 1. The Labute approximate surface area is 61.6 Å². The summed E-state index contributed by atoms with van der Waals surface area (Å²) in [5.74, 6) is 5.12. The Hall–Kier alpha value is -1.76. The van der Waals surface area contributed by atoms with E-state index in [4.69, 9.17) is 17.3 Å². The van der Waals surface area contributed by atoms with Gasteiger partial charge in [-0.15, -0.1) is 0 Å². The topological polar surface area (TPSA) is 136 Å². The summed E-state index contributed by atoms with van der Waals surface area (Å²) in [7, 11) is 0. The molecule has 0 fully saturated rings. The van der Waals surface area contributed by atoms with Crippen LogP contribution in [0.25, 0.3) is 0 Å². The highest BCUT2D eigenvalue weighted by Crippen LogP contribution is 2.15. The van der Waals surface area contributed by atoms with Crippen molar-refractivity contribution < 1.29 is 0 Å². The predicted octanol–water partition coefficient (Wildman–Crippen LogP) is -1.78. The standard InChI is InChI=1S/C4H8N6O/c5-1-2(6)8-4(11)9-3(1)10-7/h5,7H2,(H4,6,8,9,10,11). The molecule has 0 unspecified atom stereocenters. The highest BCUT2D eigenvalue weighted by molar-refractivity contribution is 5.71. The minimum Gasteiger partial charge on any atom is -0.393 e. The number of nitrogens with two attached hydrogens (primary N) is 3. The molecule has 0 atom stereocenters. The summed E-state index contributed by atoms with van der Waals surface area (Å²) in [6.45, 7) is 0. The molecular weight excluding hydrogens is 148 g/mol. The molecule has 0 radical (unpaired) electrons. The molecule has 0 aliphatic rings. The van der Waals surface area contributed by atoms with Crippen LogP contribution in [0, 0.1) is 0 Å². The molecule has 1 aromatic rings. The van der Waals surface area contributed by atoms with E-state index < -0.39 is 5.69 Å². The summed E-state index contributed by atoms with van der Waals surface area (Å²) in [6, 6.07) is 0. The molecule has 0 aliphatic heterocycles. The minimum atomic E-state index is -0.593. The van der Waals surface area contributed by atoms with Gasteiger partial charge in [0.15, 0.2) is 5.82 Å². The average Bonchev–Trinajstić information content (AvgIpc) is 1.96. The van der Waals surface area contributed by atoms with E-state index in [0.29, 0.717) is 0 Å². The van der Waals surface area contributed by atoms with Gasteiger partial charge in [0.1, 0.15) is 11.5 Å². The van der Waals surface area contributed by atoms with Gasteiger partial charge in [-0.05, 0) is 0 Å². The van der Waals surface area contributed by atoms with E-state index in [1.54, 1.807) is 0 Å². The second-order valence-electron chi connectivity index (χ2n) is 1.86. The number of nitrogen functional groups attached to an aromatic ring is 3. The van der Waals surface area contributed by atoms with Gasteiger partial charge in [0.2, 0.25) is 0 Å². The largest absolute Gasteiger partial charge is 0.393 e. The summed E-state index contributed by atoms with van der Waals surface area (Å²) in [5.41, 5.74) is 12.3. The Kier molecular flexibility index (Phi) is 1.65. The summed E-state index contributed by atoms with van der Waals surface area (Å²) < 4.78 is 0. The van der Waals surface area contributed by atoms with Gasteiger partial charge in [-0.3, -0.25) is 4.98 Å². The van der Waals surface area contributed by atoms with Crippen molar-refractivity contribution in [3.63, 3.8) is 0 Å². The third-order valence-corrected chi connectivity index (χ3v) is 1.14. The summed E-state index contributed by atoms with van der Waals surface area (Å²) in [4.78, 5) is 16.2. The van der Waals surface area contributed by atoms with Gasteiger partial charge in [0.25, 0.3) is 0 Å². The molecule has 1 rings (SSSR count). The fourth-order valence-electron chi connectivity index (χ4n) is 0.610. The molecule has 0 saturated heterocycles. The van der Waals surface area contributed by atoms with Crippen molar-refractivity contribution in [1.82, 2.24) is 9.97 Å². The van der Waals surface area contributed by atoms with Crippen molar-refractivity contribution in [1.29, 1.82) is 0 Å². The van der Waals surface area contributed by atoms with Crippen LogP contribution in [0.15, 0.2) is 4.79 Å². The van der Waals surface area contributed by atoms with Gasteiger partial charge in [-0.1, -0.05) is 0 Å². The van der Waals surface area contributed by atoms with Crippen LogP contribution in [0.4, 0.5) is 17.3 Å². The average molecular weight is 156 g/mol. The van der Waals surface area contributed by atoms with Crippen LogP contribution in [0.2, 0.25) is 0 Å². The Morgan fingerprint density at radius 2 is 2.09 bits per heavy atom. The molecule has 1 heterocycles. The molecule has 7 nitrogen and oxygen atoms in total. The third-order valence-electron chi connectivity index (χ3n) is 1.14. The van der Waals surface area contributed by atoms with Crippen LogP contribution in [0.1, 0.15) is 0 Å². The van der Waals surface area contributed by atoms with E-state index in [0.717, 1.165) is 0 Å². The molecule has 0 aromatic carbocycles. The van der Waals surface area contributed by atoms with E-state index in [9.17, 15) is 4.79 Å². The van der Waals surface area contributed by atoms with Gasteiger partial charge < -0.3 is 16.9 Å². The van der Waals surface area contributed by atoms with Crippen LogP contribution in [-0.2, 0) is 0 Å². The van der Waals surface area contributed by atoms with Crippen molar-refractivity contribution in [3.8, 4) is 0 Å². The van der Waals surface area contributed by atoms with Crippen LogP contribution >= 0.6 is 0 Å². The van der Waals surface area contributed by atoms with E-state index >= 15 is 0 Å². The SMILES string of the molecule is NNc1nc(=O)[nH]c(N)c1N. The van der Waals surface area contributed by atoms with Gasteiger partial charge in [0.05, 0.1) is 0 Å². The summed E-state index contributed by atoms with van der Waals surface area (Å²) in [5, 5.41) is 0. The molecular formula is C4H8N6O. The van der Waals surface area contributed by atoms with Crippen molar-refractivity contribution in [2.45, 2.75) is 0 Å². The molecule has 0 amide bonds. The lowest BCUT2D eigenvalue weighted by atomic mass is 10.4. The lowest BCUT2D eigenvalue weighted by molar-refractivity contribution is 1.07. The van der Waals surface area contributed by atoms with Crippen molar-refractivity contribution in [2.75, 3.05) is 16.9 Å². The molecule has 8 N–H and O–H groups in total. The fourth-order valence-corrected chi connectivity index (χ4v) is 0.610. The lowest BCUT2D eigenvalue weighted by Gasteiger charge is -2.03. The molecule has 60 valence electrons. The highest BCUT2D eigenvalue weighted by Gasteiger charge is 2.03. The van der Waals surface area contributed by atoms with Crippen molar-refractivity contribution in [2.24, 2.45) is 5.84 Å². The Bertz CT molecular complexity index is 317. The zero-order chi connectivity index (χ0) is 8.43. The second kappa shape index (κ2) is 2.46. The minimum absolute atomic E-state index is 0.0537. The van der Waals surface area contributed by atoms with Crippen LogP contribution in [0.5, 0.6) is 0 Å². The zero-order valence-electron chi connectivity index (χ0n) is 5.59. The maximum Gasteiger partial charge on any atom is 0.348 e. The van der Waals surface area contributed by atoms with Gasteiger partial charge >= 0.3 is 5.69 Å². The molecule has 0 aliphatic carbocycles. The van der Waals surface area contributed by atoms with Gasteiger partial charge in [-0.25, -0.2) is 10.6 Å². The Balaban J connectivity index is 3.36. The quantitative estimate of drug-likeness (QED) is 0.241. The first-order chi connectivity index (χ1) is 5.15. The van der Waals surface area contributed by atoms with Crippen molar-refractivity contribution in [3.05, 3.63) is 10.5 Å². The normalized spacial score (nSPS) is 9.55. The molecule has 11 heavy (non-hydrogen) atoms. The smallest absolute Gasteiger partial charge is 0.348 e. The Morgan fingerprint density at radius 3 is 2.64 bits per heavy atom. The number of aromatic amines is 1. The first-order valence-electron chi connectivity index (χ1n) is 2.77. The highest BCUT2D eigenvalue weighted by atomic mass is 16.1. The number of aromatic nitrogens is 2. The van der Waals surface area contributed by atoms with Crippen molar-refractivity contribution >= 4 is 17.3 Å². The number of rotatable bonds is 1. The number of nitrogens with one attached hydrogen (secondary N) is 2. The fraction of sp³-hybridized carbons (Fsp3) is 0. The molecule has 1 aromatic heterocycles. The van der Waals surface area contributed by atoms with Crippen LogP contribution in [0.3, 0.4) is 0 Å². The number of hydrogen-bond donors (Lipinski definition) is 5. The summed E-state index contributed by atoms with van der Waals surface area (Å²) in [6.07, 6.45) is 0. The zero-order valence-corrected chi connectivity index (χ0v) is 5.59.